The van der Waals surface area contributed by atoms with Gasteiger partial charge in [0, 0.05) is 18.2 Å². The lowest BCUT2D eigenvalue weighted by Crippen LogP contribution is -2.48. The van der Waals surface area contributed by atoms with E-state index in [1.807, 2.05) is 37.3 Å². The summed E-state index contributed by atoms with van der Waals surface area (Å²) in [6.45, 7) is 4.77. The molecule has 0 aliphatic rings. The molecule has 1 aromatic heterocycles. The van der Waals surface area contributed by atoms with E-state index >= 15 is 0 Å². The van der Waals surface area contributed by atoms with E-state index < -0.39 is 20.9 Å². The number of nitrogens with one attached hydrogen (secondary N) is 1. The first-order chi connectivity index (χ1) is 14.1. The Labute approximate surface area is 177 Å². The smallest absolute Gasteiger partial charge is 0.284 e. The van der Waals surface area contributed by atoms with Gasteiger partial charge >= 0.3 is 0 Å². The Morgan fingerprint density at radius 1 is 1.13 bits per heavy atom. The van der Waals surface area contributed by atoms with Gasteiger partial charge in [-0.1, -0.05) is 34.5 Å². The van der Waals surface area contributed by atoms with Crippen LogP contribution in [0.25, 0.3) is 11.3 Å². The summed E-state index contributed by atoms with van der Waals surface area (Å²) < 4.78 is 29.2. The topological polar surface area (TPSA) is 93.4 Å². The maximum Gasteiger partial charge on any atom is 0.284 e. The number of aromatic nitrogens is 2. The molecule has 0 aliphatic carbocycles. The van der Waals surface area contributed by atoms with Crippen molar-refractivity contribution in [2.75, 3.05) is 12.4 Å². The van der Waals surface area contributed by atoms with Crippen molar-refractivity contribution in [2.24, 2.45) is 7.05 Å². The number of rotatable bonds is 6. The summed E-state index contributed by atoms with van der Waals surface area (Å²) in [5.41, 5.74) is 2.45. The van der Waals surface area contributed by atoms with E-state index in [-0.39, 0.29) is 4.90 Å². The molecule has 0 radical (unpaired) electrons. The summed E-state index contributed by atoms with van der Waals surface area (Å²) >= 11 is 0. The van der Waals surface area contributed by atoms with Crippen LogP contribution >= 0.6 is 0 Å². The number of ether oxygens (including phenoxy) is 1. The number of hydrogen-bond acceptors (Lipinski definition) is 4. The van der Waals surface area contributed by atoms with Crippen molar-refractivity contribution in [2.45, 2.75) is 30.4 Å². The summed E-state index contributed by atoms with van der Waals surface area (Å²) in [5, 5.41) is 7.31. The fraction of sp³-hybridized carbons (Fsp3) is 0.273. The molecular formula is C22H26N3O4S+. The third kappa shape index (κ3) is 3.76. The number of nitrogens with zero attached hydrogens (tertiary/aromatic N) is 2. The lowest BCUT2D eigenvalue weighted by molar-refractivity contribution is -0.118. The number of benzene rings is 2. The highest BCUT2D eigenvalue weighted by atomic mass is 32.3. The van der Waals surface area contributed by atoms with Gasteiger partial charge in [-0.25, -0.2) is 0 Å². The number of carbonyl (C=O) groups excluding carboxylic acids is 1. The zero-order valence-corrected chi connectivity index (χ0v) is 18.5. The molecule has 8 heteroatoms. The number of amides is 1. The average molecular weight is 429 g/mol. The quantitative estimate of drug-likeness (QED) is 0.575. The van der Waals surface area contributed by atoms with Crippen LogP contribution in [-0.2, 0) is 26.3 Å². The molecule has 0 saturated carbocycles. The van der Waals surface area contributed by atoms with E-state index in [1.165, 1.54) is 33.1 Å². The van der Waals surface area contributed by atoms with Crippen molar-refractivity contribution in [1.82, 2.24) is 9.78 Å². The van der Waals surface area contributed by atoms with Crippen LogP contribution in [-0.4, -0.2) is 32.1 Å². The normalized spacial score (nSPS) is 13.5. The van der Waals surface area contributed by atoms with Gasteiger partial charge in [-0.2, -0.15) is 9.65 Å². The predicted molar refractivity (Wildman–Crippen MR) is 118 cm³/mol. The summed E-state index contributed by atoms with van der Waals surface area (Å²) in [6, 6.07) is 15.8. The van der Waals surface area contributed by atoms with Crippen LogP contribution in [0.1, 0.15) is 19.4 Å². The number of hydrogen-bond donors (Lipinski definition) is 2. The van der Waals surface area contributed by atoms with Crippen molar-refractivity contribution < 1.29 is 18.3 Å². The molecule has 0 saturated heterocycles. The monoisotopic (exact) mass is 428 g/mol. The highest BCUT2D eigenvalue weighted by Crippen LogP contribution is 2.34. The average Bonchev–Trinajstić information content (AvgIpc) is 3.02. The molecule has 1 heterocycles. The largest absolute Gasteiger partial charge is 0.497 e. The predicted octanol–water partition coefficient (Wildman–Crippen LogP) is 4.15. The third-order valence-electron chi connectivity index (χ3n) is 5.18. The SMILES string of the molecule is COc1ccc([S+](=O)(O)C(C)(C)C(=O)Nc2c(C)c(-c3ccccc3)nn2C)cc1. The van der Waals surface area contributed by atoms with Crippen molar-refractivity contribution in [3.63, 3.8) is 0 Å². The second-order valence-corrected chi connectivity index (χ2v) is 10.0. The van der Waals surface area contributed by atoms with Gasteiger partial charge in [0.25, 0.3) is 16.1 Å². The Bertz CT molecular complexity index is 1110. The van der Waals surface area contributed by atoms with Gasteiger partial charge < -0.3 is 10.1 Å². The van der Waals surface area contributed by atoms with Crippen LogP contribution in [0.5, 0.6) is 5.75 Å². The molecule has 2 N–H and O–H groups in total. The van der Waals surface area contributed by atoms with Crippen LogP contribution in [0, 0.1) is 6.92 Å². The highest BCUT2D eigenvalue weighted by Gasteiger charge is 2.54. The highest BCUT2D eigenvalue weighted by molar-refractivity contribution is 7.99. The first kappa shape index (κ1) is 21.7. The molecule has 0 bridgehead atoms. The second kappa shape index (κ2) is 8.04. The molecule has 0 aliphatic heterocycles. The van der Waals surface area contributed by atoms with Gasteiger partial charge in [-0.05, 0) is 45.0 Å². The van der Waals surface area contributed by atoms with Crippen molar-refractivity contribution >= 4 is 21.9 Å². The molecular weight excluding hydrogens is 402 g/mol. The molecule has 0 fully saturated rings. The van der Waals surface area contributed by atoms with Crippen LogP contribution in [0.2, 0.25) is 0 Å². The third-order valence-corrected chi connectivity index (χ3v) is 7.66. The summed E-state index contributed by atoms with van der Waals surface area (Å²) in [7, 11) is -0.461. The number of anilines is 1. The van der Waals surface area contributed by atoms with Crippen molar-refractivity contribution in [3.05, 3.63) is 60.2 Å². The van der Waals surface area contributed by atoms with E-state index in [9.17, 15) is 13.6 Å². The minimum Gasteiger partial charge on any atom is -0.497 e. The second-order valence-electron chi connectivity index (χ2n) is 7.48. The standard InChI is InChI=1S/C22H25N3O4S/c1-15-19(16-9-7-6-8-10-16)24-25(4)20(15)23-21(26)22(2,3)30(27,28)18-13-11-17(29-5)12-14-18/h6-14H,1-5H3,(H-,23,24,26,27,28)/p+1. The Morgan fingerprint density at radius 2 is 1.73 bits per heavy atom. The molecule has 2 aromatic carbocycles. The lowest BCUT2D eigenvalue weighted by atomic mass is 10.1. The van der Waals surface area contributed by atoms with Crippen LogP contribution in [0.4, 0.5) is 5.82 Å². The molecule has 1 unspecified atom stereocenters. The molecule has 7 nitrogen and oxygen atoms in total. The first-order valence-corrected chi connectivity index (χ1v) is 10.9. The molecule has 30 heavy (non-hydrogen) atoms. The maximum absolute atomic E-state index is 13.3. The summed E-state index contributed by atoms with van der Waals surface area (Å²) in [6.07, 6.45) is 0. The van der Waals surface area contributed by atoms with Crippen LogP contribution in [0.15, 0.2) is 59.5 Å². The Hall–Kier alpha value is -2.97. The van der Waals surface area contributed by atoms with Crippen LogP contribution < -0.4 is 10.1 Å². The van der Waals surface area contributed by atoms with Gasteiger partial charge in [-0.15, -0.1) is 0 Å². The van der Waals surface area contributed by atoms with Gasteiger partial charge in [-0.3, -0.25) is 9.48 Å². The number of aryl methyl sites for hydroxylation is 1. The van der Waals surface area contributed by atoms with Gasteiger partial charge in [0.1, 0.15) is 11.6 Å². The minimum atomic E-state index is -3.70. The zero-order valence-electron chi connectivity index (χ0n) is 17.7. The summed E-state index contributed by atoms with van der Waals surface area (Å²) in [5.74, 6) is 0.476. The van der Waals surface area contributed by atoms with E-state index in [4.69, 9.17) is 4.74 Å². The van der Waals surface area contributed by atoms with Gasteiger partial charge in [0.2, 0.25) is 4.75 Å². The fourth-order valence-electron chi connectivity index (χ4n) is 3.11. The van der Waals surface area contributed by atoms with Crippen molar-refractivity contribution in [1.29, 1.82) is 0 Å². The van der Waals surface area contributed by atoms with E-state index in [0.717, 1.165) is 16.8 Å². The van der Waals surface area contributed by atoms with E-state index in [1.54, 1.807) is 23.9 Å². The number of carbonyl (C=O) groups is 1. The Morgan fingerprint density at radius 3 is 2.30 bits per heavy atom. The molecule has 1 amide bonds. The lowest BCUT2D eigenvalue weighted by Gasteiger charge is -2.22. The Kier molecular flexibility index (Phi) is 5.83. The maximum atomic E-state index is 13.3. The van der Waals surface area contributed by atoms with E-state index in [2.05, 4.69) is 10.4 Å². The zero-order chi connectivity index (χ0) is 22.1. The minimum absolute atomic E-state index is 0.162. The molecule has 3 rings (SSSR count). The van der Waals surface area contributed by atoms with Gasteiger partial charge in [0.05, 0.1) is 12.8 Å². The Balaban J connectivity index is 1.91. The molecule has 1 atom stereocenters. The number of methoxy groups -OCH3 is 1. The van der Waals surface area contributed by atoms with Gasteiger partial charge in [0.15, 0.2) is 4.90 Å². The first-order valence-electron chi connectivity index (χ1n) is 9.40. The molecule has 158 valence electrons. The van der Waals surface area contributed by atoms with Crippen molar-refractivity contribution in [3.8, 4) is 17.0 Å². The van der Waals surface area contributed by atoms with E-state index in [0.29, 0.717) is 11.6 Å². The van der Waals surface area contributed by atoms with Crippen LogP contribution in [0.3, 0.4) is 0 Å². The molecule has 3 aromatic rings. The molecule has 0 spiro atoms. The summed E-state index contributed by atoms with van der Waals surface area (Å²) in [4.78, 5) is 13.3. The fourth-order valence-corrected chi connectivity index (χ4v) is 4.51.